The van der Waals surface area contributed by atoms with E-state index in [1.807, 2.05) is 11.8 Å². The van der Waals surface area contributed by atoms with Crippen molar-refractivity contribution in [2.45, 2.75) is 54.6 Å². The third-order valence-electron chi connectivity index (χ3n) is 3.43. The summed E-state index contributed by atoms with van der Waals surface area (Å²) in [5, 5.41) is 11.1. The second kappa shape index (κ2) is 4.61. The molecule has 2 atom stereocenters. The summed E-state index contributed by atoms with van der Waals surface area (Å²) in [6.07, 6.45) is 0.940. The maximum absolute atomic E-state index is 12.7. The zero-order valence-corrected chi connectivity index (χ0v) is 9.70. The third kappa shape index (κ3) is 2.74. The molecule has 0 aromatic rings. The van der Waals surface area contributed by atoms with Crippen LogP contribution in [0.3, 0.4) is 0 Å². The quantitative estimate of drug-likeness (QED) is 0.827. The van der Waals surface area contributed by atoms with Gasteiger partial charge in [0, 0.05) is 16.9 Å². The highest BCUT2D eigenvalue weighted by molar-refractivity contribution is 8.00. The molecule has 0 aliphatic carbocycles. The van der Waals surface area contributed by atoms with Crippen LogP contribution in [0.1, 0.15) is 38.5 Å². The Morgan fingerprint density at radius 1 is 1.19 bits per heavy atom. The van der Waals surface area contributed by atoms with Crippen LogP contribution in [0, 0.1) is 0 Å². The van der Waals surface area contributed by atoms with Crippen molar-refractivity contribution in [1.29, 1.82) is 0 Å². The van der Waals surface area contributed by atoms with Crippen LogP contribution in [0.5, 0.6) is 0 Å². The van der Waals surface area contributed by atoms with Crippen LogP contribution < -0.4 is 0 Å². The summed E-state index contributed by atoms with van der Waals surface area (Å²) in [4.78, 5) is 0. The molecule has 2 bridgehead atoms. The van der Waals surface area contributed by atoms with E-state index >= 15 is 0 Å². The second-order valence-electron chi connectivity index (χ2n) is 4.76. The predicted octanol–water partition coefficient (Wildman–Crippen LogP) is 3.63. The zero-order valence-electron chi connectivity index (χ0n) is 8.89. The molecular formula is C11H15F3OS. The summed E-state index contributed by atoms with van der Waals surface area (Å²) >= 11 is 1.88. The van der Waals surface area contributed by atoms with Crippen molar-refractivity contribution in [1.82, 2.24) is 0 Å². The lowest BCUT2D eigenvalue weighted by atomic mass is 9.88. The largest absolute Gasteiger partial charge is 0.390 e. The van der Waals surface area contributed by atoms with Crippen LogP contribution in [0.2, 0.25) is 0 Å². The monoisotopic (exact) mass is 252 g/mol. The van der Waals surface area contributed by atoms with E-state index < -0.39 is 17.5 Å². The minimum atomic E-state index is -2.25. The van der Waals surface area contributed by atoms with Crippen molar-refractivity contribution in [2.75, 3.05) is 0 Å². The molecule has 2 saturated heterocycles. The van der Waals surface area contributed by atoms with Crippen LogP contribution in [0.15, 0.2) is 11.9 Å². The first-order chi connectivity index (χ1) is 7.48. The molecule has 0 radical (unpaired) electrons. The molecule has 0 aromatic heterocycles. The van der Waals surface area contributed by atoms with Gasteiger partial charge in [-0.1, -0.05) is 0 Å². The number of thioether (sulfide) groups is 1. The summed E-state index contributed by atoms with van der Waals surface area (Å²) in [5.74, 6) is -1.38. The fraction of sp³-hybridized carbons (Fsp3) is 0.818. The first-order valence-electron chi connectivity index (χ1n) is 5.56. The van der Waals surface area contributed by atoms with Gasteiger partial charge < -0.3 is 5.11 Å². The van der Waals surface area contributed by atoms with E-state index in [4.69, 9.17) is 0 Å². The molecule has 0 aromatic carbocycles. The Labute approximate surface area is 97.1 Å². The Kier molecular flexibility index (Phi) is 3.54. The fourth-order valence-electron chi connectivity index (χ4n) is 2.65. The number of hydrogen-bond donors (Lipinski definition) is 1. The van der Waals surface area contributed by atoms with Gasteiger partial charge in [0.05, 0.1) is 5.60 Å². The van der Waals surface area contributed by atoms with Crippen molar-refractivity contribution < 1.29 is 18.3 Å². The van der Waals surface area contributed by atoms with Gasteiger partial charge in [0.15, 0.2) is 5.83 Å². The first kappa shape index (κ1) is 12.3. The summed E-state index contributed by atoms with van der Waals surface area (Å²) in [5.41, 5.74) is -0.927. The van der Waals surface area contributed by atoms with Crippen LogP contribution in [0.4, 0.5) is 13.2 Å². The predicted molar refractivity (Wildman–Crippen MR) is 58.2 cm³/mol. The zero-order chi connectivity index (χ0) is 11.8. The summed E-state index contributed by atoms with van der Waals surface area (Å²) in [7, 11) is 0. The van der Waals surface area contributed by atoms with Crippen molar-refractivity contribution >= 4 is 11.8 Å². The number of aliphatic hydroxyl groups is 1. The standard InChI is InChI=1S/C11H15F3OS/c12-9(10(13)14)3-4-11(15)5-7-1-2-8(6-11)16-7/h7-8,15H,1-6H2. The minimum Gasteiger partial charge on any atom is -0.390 e. The van der Waals surface area contributed by atoms with E-state index in [0.717, 1.165) is 12.8 Å². The van der Waals surface area contributed by atoms with Gasteiger partial charge >= 0.3 is 6.08 Å². The molecule has 2 rings (SSSR count). The molecule has 2 aliphatic heterocycles. The molecule has 2 unspecified atom stereocenters. The maximum Gasteiger partial charge on any atom is 0.301 e. The van der Waals surface area contributed by atoms with E-state index in [9.17, 15) is 18.3 Å². The molecule has 1 nitrogen and oxygen atoms in total. The van der Waals surface area contributed by atoms with E-state index in [2.05, 4.69) is 0 Å². The lowest BCUT2D eigenvalue weighted by molar-refractivity contribution is 0.0141. The number of halogens is 3. The van der Waals surface area contributed by atoms with Crippen molar-refractivity contribution in [2.24, 2.45) is 0 Å². The molecule has 0 saturated carbocycles. The van der Waals surface area contributed by atoms with E-state index in [0.29, 0.717) is 23.3 Å². The van der Waals surface area contributed by atoms with Crippen molar-refractivity contribution in [3.05, 3.63) is 11.9 Å². The van der Waals surface area contributed by atoms with Crippen LogP contribution in [-0.2, 0) is 0 Å². The molecule has 0 amide bonds. The maximum atomic E-state index is 12.7. The average Bonchev–Trinajstić information content (AvgIpc) is 2.55. The average molecular weight is 252 g/mol. The Morgan fingerprint density at radius 2 is 1.75 bits per heavy atom. The van der Waals surface area contributed by atoms with Gasteiger partial charge in [0.25, 0.3) is 0 Å². The van der Waals surface area contributed by atoms with Crippen molar-refractivity contribution in [3.63, 3.8) is 0 Å². The molecule has 5 heteroatoms. The minimum absolute atomic E-state index is 0.115. The van der Waals surface area contributed by atoms with Gasteiger partial charge in [-0.2, -0.15) is 20.5 Å². The van der Waals surface area contributed by atoms with Crippen LogP contribution in [0.25, 0.3) is 0 Å². The SMILES string of the molecule is OC1(CCC(F)=C(F)F)CC2CCC(C1)S2. The second-order valence-corrected chi connectivity index (χ2v) is 6.36. The van der Waals surface area contributed by atoms with E-state index in [1.54, 1.807) is 0 Å². The lowest BCUT2D eigenvalue weighted by Crippen LogP contribution is -2.37. The van der Waals surface area contributed by atoms with Crippen molar-refractivity contribution in [3.8, 4) is 0 Å². The number of hydrogen-bond acceptors (Lipinski definition) is 2. The van der Waals surface area contributed by atoms with Crippen LogP contribution >= 0.6 is 11.8 Å². The first-order valence-corrected chi connectivity index (χ1v) is 6.50. The van der Waals surface area contributed by atoms with Gasteiger partial charge in [0.1, 0.15) is 0 Å². The Morgan fingerprint density at radius 3 is 2.25 bits per heavy atom. The molecular weight excluding hydrogens is 237 g/mol. The van der Waals surface area contributed by atoms with Gasteiger partial charge in [0.2, 0.25) is 0 Å². The lowest BCUT2D eigenvalue weighted by Gasteiger charge is -2.35. The fourth-order valence-corrected chi connectivity index (χ4v) is 4.55. The van der Waals surface area contributed by atoms with E-state index in [-0.39, 0.29) is 12.8 Å². The molecule has 92 valence electrons. The van der Waals surface area contributed by atoms with Gasteiger partial charge in [-0.05, 0) is 32.1 Å². The smallest absolute Gasteiger partial charge is 0.301 e. The normalized spacial score (nSPS) is 37.5. The summed E-state index contributed by atoms with van der Waals surface area (Å²) in [6.45, 7) is 0. The Hall–Kier alpha value is -0.160. The summed E-state index contributed by atoms with van der Waals surface area (Å²) in [6, 6.07) is 0. The number of fused-ring (bicyclic) bond motifs is 2. The molecule has 2 heterocycles. The highest BCUT2D eigenvalue weighted by Gasteiger charge is 2.43. The highest BCUT2D eigenvalue weighted by Crippen LogP contribution is 2.49. The van der Waals surface area contributed by atoms with Crippen LogP contribution in [-0.4, -0.2) is 21.2 Å². The third-order valence-corrected chi connectivity index (χ3v) is 5.00. The molecule has 2 fully saturated rings. The number of allylic oxidation sites excluding steroid dienone is 1. The summed E-state index contributed by atoms with van der Waals surface area (Å²) < 4.78 is 36.5. The molecule has 1 N–H and O–H groups in total. The van der Waals surface area contributed by atoms with Gasteiger partial charge in [-0.25, -0.2) is 4.39 Å². The van der Waals surface area contributed by atoms with Gasteiger partial charge in [-0.15, -0.1) is 0 Å². The molecule has 16 heavy (non-hydrogen) atoms. The highest BCUT2D eigenvalue weighted by atomic mass is 32.2. The topological polar surface area (TPSA) is 20.2 Å². The number of rotatable bonds is 3. The Balaban J connectivity index is 1.91. The molecule has 0 spiro atoms. The van der Waals surface area contributed by atoms with Gasteiger partial charge in [-0.3, -0.25) is 0 Å². The molecule has 2 aliphatic rings. The Bertz CT molecular complexity index is 290. The van der Waals surface area contributed by atoms with E-state index in [1.165, 1.54) is 0 Å².